The maximum Gasteiger partial charge on any atom is 0.305 e. The van der Waals surface area contributed by atoms with E-state index in [0.29, 0.717) is 5.82 Å². The number of aliphatic carboxylic acids is 1. The average molecular weight is 279 g/mol. The highest BCUT2D eigenvalue weighted by atomic mass is 32.1. The molecule has 0 amide bonds. The third-order valence-corrected chi connectivity index (χ3v) is 3.97. The molecule has 2 aromatic heterocycles. The third kappa shape index (κ3) is 3.20. The quantitative estimate of drug-likeness (QED) is 0.880. The second-order valence-corrected chi connectivity index (χ2v) is 6.20. The molecule has 6 heteroatoms. The summed E-state index contributed by atoms with van der Waals surface area (Å²) >= 11 is 1.64. The molecule has 19 heavy (non-hydrogen) atoms. The van der Waals surface area contributed by atoms with Gasteiger partial charge >= 0.3 is 5.97 Å². The molecule has 0 aliphatic rings. The second-order valence-electron chi connectivity index (χ2n) is 5.09. The molecule has 0 atom stereocenters. The van der Waals surface area contributed by atoms with Crippen molar-refractivity contribution in [3.63, 3.8) is 0 Å². The maximum absolute atomic E-state index is 10.8. The van der Waals surface area contributed by atoms with E-state index in [4.69, 9.17) is 5.11 Å². The summed E-state index contributed by atoms with van der Waals surface area (Å²) in [5.41, 5.74) is -0.554. The Bertz CT molecular complexity index is 607. The van der Waals surface area contributed by atoms with Crippen LogP contribution in [-0.4, -0.2) is 26.6 Å². The molecule has 0 saturated heterocycles. The van der Waals surface area contributed by atoms with Gasteiger partial charge < -0.3 is 10.4 Å². The molecule has 2 rings (SSSR count). The number of anilines is 1. The van der Waals surface area contributed by atoms with Crippen LogP contribution in [0, 0.1) is 0 Å². The van der Waals surface area contributed by atoms with Gasteiger partial charge in [-0.1, -0.05) is 6.92 Å². The highest BCUT2D eigenvalue weighted by molar-refractivity contribution is 7.18. The number of carboxylic acid groups (broad SMARTS) is 1. The van der Waals surface area contributed by atoms with Gasteiger partial charge in [0.2, 0.25) is 0 Å². The molecule has 0 unspecified atom stereocenters. The van der Waals surface area contributed by atoms with Crippen molar-refractivity contribution < 1.29 is 9.90 Å². The number of fused-ring (bicyclic) bond motifs is 1. The van der Waals surface area contributed by atoms with Crippen molar-refractivity contribution in [3.05, 3.63) is 17.3 Å². The molecule has 0 bridgehead atoms. The van der Waals surface area contributed by atoms with Crippen LogP contribution in [0.25, 0.3) is 10.2 Å². The van der Waals surface area contributed by atoms with Crippen molar-refractivity contribution in [1.82, 2.24) is 9.97 Å². The fraction of sp³-hybridized carbons (Fsp3) is 0.462. The molecule has 0 saturated carbocycles. The standard InChI is InChI=1S/C13H17N3O2S/c1-4-8-5-9-11(14-7-15-12(9)19-8)16-13(2,3)6-10(17)18/h5,7H,4,6H2,1-3H3,(H,17,18)(H,14,15,16). The summed E-state index contributed by atoms with van der Waals surface area (Å²) in [6, 6.07) is 2.07. The Morgan fingerprint density at radius 2 is 2.21 bits per heavy atom. The van der Waals surface area contributed by atoms with Gasteiger partial charge in [-0.2, -0.15) is 0 Å². The van der Waals surface area contributed by atoms with Gasteiger partial charge in [0, 0.05) is 10.4 Å². The second kappa shape index (κ2) is 5.13. The van der Waals surface area contributed by atoms with E-state index in [0.717, 1.165) is 16.6 Å². The first-order valence-corrected chi connectivity index (χ1v) is 6.96. The van der Waals surface area contributed by atoms with E-state index < -0.39 is 11.5 Å². The number of rotatable bonds is 5. The molecule has 102 valence electrons. The first kappa shape index (κ1) is 13.7. The number of aromatic nitrogens is 2. The molecule has 0 aromatic carbocycles. The molecule has 0 radical (unpaired) electrons. The predicted molar refractivity (Wildman–Crippen MR) is 76.7 cm³/mol. The van der Waals surface area contributed by atoms with Crippen LogP contribution in [0.15, 0.2) is 12.4 Å². The summed E-state index contributed by atoms with van der Waals surface area (Å²) in [7, 11) is 0. The summed E-state index contributed by atoms with van der Waals surface area (Å²) in [5, 5.41) is 13.1. The molecular weight excluding hydrogens is 262 g/mol. The monoisotopic (exact) mass is 279 g/mol. The van der Waals surface area contributed by atoms with Gasteiger partial charge in [0.1, 0.15) is 17.0 Å². The van der Waals surface area contributed by atoms with Gasteiger partial charge in [-0.05, 0) is 26.3 Å². The predicted octanol–water partition coefficient (Wildman–Crippen LogP) is 2.92. The van der Waals surface area contributed by atoms with Crippen LogP contribution in [0.3, 0.4) is 0 Å². The molecule has 0 spiro atoms. The first-order valence-electron chi connectivity index (χ1n) is 6.14. The topological polar surface area (TPSA) is 75.1 Å². The van der Waals surface area contributed by atoms with E-state index in [1.54, 1.807) is 11.3 Å². The number of nitrogens with zero attached hydrogens (tertiary/aromatic N) is 2. The Kier molecular flexibility index (Phi) is 3.71. The van der Waals surface area contributed by atoms with Gasteiger partial charge in [-0.3, -0.25) is 4.79 Å². The van der Waals surface area contributed by atoms with E-state index in [-0.39, 0.29) is 6.42 Å². The third-order valence-electron chi connectivity index (χ3n) is 2.78. The van der Waals surface area contributed by atoms with Crippen LogP contribution in [-0.2, 0) is 11.2 Å². The van der Waals surface area contributed by atoms with Crippen molar-refractivity contribution in [2.45, 2.75) is 39.2 Å². The molecular formula is C13H17N3O2S. The van der Waals surface area contributed by atoms with E-state index in [1.807, 2.05) is 13.8 Å². The zero-order valence-electron chi connectivity index (χ0n) is 11.2. The van der Waals surface area contributed by atoms with Gasteiger partial charge in [0.15, 0.2) is 0 Å². The Labute approximate surface area is 115 Å². The van der Waals surface area contributed by atoms with Gasteiger partial charge in [-0.25, -0.2) is 9.97 Å². The fourth-order valence-corrected chi connectivity index (χ4v) is 2.86. The smallest absolute Gasteiger partial charge is 0.305 e. The van der Waals surface area contributed by atoms with Crippen molar-refractivity contribution >= 4 is 33.3 Å². The Hall–Kier alpha value is -1.69. The number of hydrogen-bond donors (Lipinski definition) is 2. The molecule has 0 aliphatic heterocycles. The molecule has 2 heterocycles. The largest absolute Gasteiger partial charge is 0.481 e. The minimum atomic E-state index is -0.831. The van der Waals surface area contributed by atoms with Gasteiger partial charge in [-0.15, -0.1) is 11.3 Å². The van der Waals surface area contributed by atoms with Gasteiger partial charge in [0.25, 0.3) is 0 Å². The Balaban J connectivity index is 2.34. The van der Waals surface area contributed by atoms with E-state index >= 15 is 0 Å². The number of hydrogen-bond acceptors (Lipinski definition) is 5. The van der Waals surface area contributed by atoms with Crippen LogP contribution < -0.4 is 5.32 Å². The highest BCUT2D eigenvalue weighted by Gasteiger charge is 2.23. The molecule has 2 N–H and O–H groups in total. The number of carboxylic acids is 1. The van der Waals surface area contributed by atoms with Crippen molar-refractivity contribution in [2.75, 3.05) is 5.32 Å². The minimum Gasteiger partial charge on any atom is -0.481 e. The normalized spacial score (nSPS) is 11.7. The highest BCUT2D eigenvalue weighted by Crippen LogP contribution is 2.30. The zero-order chi connectivity index (χ0) is 14.0. The van der Waals surface area contributed by atoms with Crippen molar-refractivity contribution in [2.24, 2.45) is 0 Å². The number of thiophene rings is 1. The molecule has 2 aromatic rings. The van der Waals surface area contributed by atoms with Crippen molar-refractivity contribution in [1.29, 1.82) is 0 Å². The SMILES string of the molecule is CCc1cc2c(NC(C)(C)CC(=O)O)ncnc2s1. The van der Waals surface area contributed by atoms with Gasteiger partial charge in [0.05, 0.1) is 11.8 Å². The number of aryl methyl sites for hydroxylation is 1. The lowest BCUT2D eigenvalue weighted by molar-refractivity contribution is -0.137. The summed E-state index contributed by atoms with van der Waals surface area (Å²) in [6.45, 7) is 5.80. The average Bonchev–Trinajstić information content (AvgIpc) is 2.70. The summed E-state index contributed by atoms with van der Waals surface area (Å²) in [5.74, 6) is -0.130. The summed E-state index contributed by atoms with van der Waals surface area (Å²) in [6.07, 6.45) is 2.50. The van der Waals surface area contributed by atoms with E-state index in [2.05, 4.69) is 28.3 Å². The minimum absolute atomic E-state index is 0.0310. The zero-order valence-corrected chi connectivity index (χ0v) is 12.0. The summed E-state index contributed by atoms with van der Waals surface area (Å²) in [4.78, 5) is 21.5. The lowest BCUT2D eigenvalue weighted by Crippen LogP contribution is -2.34. The lowest BCUT2D eigenvalue weighted by atomic mass is 10.0. The van der Waals surface area contributed by atoms with E-state index in [1.165, 1.54) is 11.2 Å². The van der Waals surface area contributed by atoms with Crippen LogP contribution in [0.2, 0.25) is 0 Å². The van der Waals surface area contributed by atoms with Crippen LogP contribution in [0.1, 0.15) is 32.1 Å². The lowest BCUT2D eigenvalue weighted by Gasteiger charge is -2.25. The van der Waals surface area contributed by atoms with Crippen LogP contribution in [0.5, 0.6) is 0 Å². The number of nitrogens with one attached hydrogen (secondary N) is 1. The Morgan fingerprint density at radius 1 is 1.47 bits per heavy atom. The molecule has 5 nitrogen and oxygen atoms in total. The number of carbonyl (C=O) groups is 1. The fourth-order valence-electron chi connectivity index (χ4n) is 1.92. The summed E-state index contributed by atoms with van der Waals surface area (Å²) < 4.78 is 0. The first-order chi connectivity index (χ1) is 8.91. The molecule has 0 fully saturated rings. The van der Waals surface area contributed by atoms with E-state index in [9.17, 15) is 4.79 Å². The maximum atomic E-state index is 10.8. The Morgan fingerprint density at radius 3 is 2.84 bits per heavy atom. The van der Waals surface area contributed by atoms with Crippen LogP contribution in [0.4, 0.5) is 5.82 Å². The van der Waals surface area contributed by atoms with Crippen molar-refractivity contribution in [3.8, 4) is 0 Å². The molecule has 0 aliphatic carbocycles. The van der Waals surface area contributed by atoms with Crippen LogP contribution >= 0.6 is 11.3 Å².